The third kappa shape index (κ3) is 2.81. The Kier molecular flexibility index (Phi) is 3.90. The number of rotatable bonds is 4. The van der Waals surface area contributed by atoms with Gasteiger partial charge in [0.15, 0.2) is 0 Å². The van der Waals surface area contributed by atoms with Crippen molar-refractivity contribution in [2.75, 3.05) is 0 Å². The van der Waals surface area contributed by atoms with E-state index in [-0.39, 0.29) is 0 Å². The van der Waals surface area contributed by atoms with Crippen LogP contribution in [0.25, 0.3) is 0 Å². The summed E-state index contributed by atoms with van der Waals surface area (Å²) in [5.41, 5.74) is 7.76. The van der Waals surface area contributed by atoms with Gasteiger partial charge in [0.25, 0.3) is 0 Å². The molecule has 1 atom stereocenters. The van der Waals surface area contributed by atoms with Crippen molar-refractivity contribution >= 4 is 0 Å². The summed E-state index contributed by atoms with van der Waals surface area (Å²) < 4.78 is 0. The van der Waals surface area contributed by atoms with Crippen LogP contribution in [0.4, 0.5) is 0 Å². The lowest BCUT2D eigenvalue weighted by Gasteiger charge is -2.09. The Bertz CT molecular complexity index is 241. The van der Waals surface area contributed by atoms with Crippen molar-refractivity contribution in [2.24, 2.45) is 5.73 Å². The van der Waals surface area contributed by atoms with Gasteiger partial charge in [0, 0.05) is 12.7 Å². The molecule has 0 aliphatic carbocycles. The predicted octanol–water partition coefficient (Wildman–Crippen LogP) is 2.44. The van der Waals surface area contributed by atoms with Crippen molar-refractivity contribution < 1.29 is 0 Å². The van der Waals surface area contributed by atoms with Crippen LogP contribution in [0, 0.1) is 0 Å². The normalized spacial score (nSPS) is 12.8. The molecular formula is C11H18N2. The molecule has 0 aromatic carbocycles. The number of nitrogens with zero attached hydrogens (tertiary/aromatic N) is 1. The Labute approximate surface area is 80.2 Å². The first-order valence-corrected chi connectivity index (χ1v) is 4.92. The summed E-state index contributed by atoms with van der Waals surface area (Å²) >= 11 is 0. The Morgan fingerprint density at radius 2 is 2.23 bits per heavy atom. The molecule has 2 nitrogen and oxygen atoms in total. The Hall–Kier alpha value is -0.890. The Morgan fingerprint density at radius 1 is 1.46 bits per heavy atom. The van der Waals surface area contributed by atoms with Gasteiger partial charge in [-0.2, -0.15) is 0 Å². The molecule has 1 aromatic rings. The molecule has 0 bridgehead atoms. The van der Waals surface area contributed by atoms with E-state index in [9.17, 15) is 0 Å². The maximum Gasteiger partial charge on any atom is 0.0539 e. The lowest BCUT2D eigenvalue weighted by Crippen LogP contribution is -2.01. The molecule has 0 fully saturated rings. The van der Waals surface area contributed by atoms with Crippen LogP contribution in [0.15, 0.2) is 18.3 Å². The van der Waals surface area contributed by atoms with Crippen LogP contribution in [0.1, 0.15) is 43.9 Å². The van der Waals surface area contributed by atoms with Crippen LogP contribution in [-0.4, -0.2) is 4.98 Å². The summed E-state index contributed by atoms with van der Waals surface area (Å²) in [4.78, 5) is 4.28. The average molecular weight is 178 g/mol. The smallest absolute Gasteiger partial charge is 0.0539 e. The molecule has 13 heavy (non-hydrogen) atoms. The summed E-state index contributed by atoms with van der Waals surface area (Å²) in [5, 5.41) is 0. The fourth-order valence-electron chi connectivity index (χ4n) is 1.45. The zero-order valence-electron chi connectivity index (χ0n) is 8.46. The third-order valence-corrected chi connectivity index (χ3v) is 2.35. The standard InChI is InChI=1S/C11H18N2/c1-3-4-9(2)10-5-6-11(7-12)13-8-10/h5-6,8-9H,3-4,7,12H2,1-2H3. The quantitative estimate of drug-likeness (QED) is 0.769. The molecule has 0 saturated carbocycles. The van der Waals surface area contributed by atoms with E-state index >= 15 is 0 Å². The first-order chi connectivity index (χ1) is 6.27. The van der Waals surface area contributed by atoms with Crippen LogP contribution in [0.5, 0.6) is 0 Å². The van der Waals surface area contributed by atoms with Crippen molar-refractivity contribution in [2.45, 2.75) is 39.2 Å². The lowest BCUT2D eigenvalue weighted by molar-refractivity contribution is 0.661. The minimum Gasteiger partial charge on any atom is -0.325 e. The minimum absolute atomic E-state index is 0.530. The van der Waals surface area contributed by atoms with Gasteiger partial charge >= 0.3 is 0 Å². The molecule has 0 aliphatic heterocycles. The summed E-state index contributed by atoms with van der Waals surface area (Å²) in [7, 11) is 0. The van der Waals surface area contributed by atoms with E-state index < -0.39 is 0 Å². The molecule has 0 aliphatic rings. The molecule has 2 N–H and O–H groups in total. The van der Waals surface area contributed by atoms with E-state index in [0.29, 0.717) is 12.5 Å². The number of hydrogen-bond donors (Lipinski definition) is 1. The maximum absolute atomic E-state index is 5.47. The molecule has 0 amide bonds. The third-order valence-electron chi connectivity index (χ3n) is 2.35. The largest absolute Gasteiger partial charge is 0.325 e. The van der Waals surface area contributed by atoms with Crippen molar-refractivity contribution in [3.63, 3.8) is 0 Å². The summed E-state index contributed by atoms with van der Waals surface area (Å²) in [6, 6.07) is 4.15. The highest BCUT2D eigenvalue weighted by Gasteiger charge is 2.03. The number of aromatic nitrogens is 1. The fraction of sp³-hybridized carbons (Fsp3) is 0.545. The summed E-state index contributed by atoms with van der Waals surface area (Å²) in [5.74, 6) is 0.615. The molecule has 1 rings (SSSR count). The van der Waals surface area contributed by atoms with E-state index in [0.717, 1.165) is 5.69 Å². The topological polar surface area (TPSA) is 38.9 Å². The van der Waals surface area contributed by atoms with Gasteiger partial charge < -0.3 is 5.73 Å². The SMILES string of the molecule is CCCC(C)c1ccc(CN)nc1. The van der Waals surface area contributed by atoms with Crippen LogP contribution in [0.2, 0.25) is 0 Å². The van der Waals surface area contributed by atoms with Gasteiger partial charge in [-0.15, -0.1) is 0 Å². The van der Waals surface area contributed by atoms with Crippen LogP contribution in [0.3, 0.4) is 0 Å². The summed E-state index contributed by atoms with van der Waals surface area (Å²) in [6.45, 7) is 4.98. The second-order valence-corrected chi connectivity index (χ2v) is 3.48. The monoisotopic (exact) mass is 178 g/mol. The highest BCUT2D eigenvalue weighted by Crippen LogP contribution is 2.19. The van der Waals surface area contributed by atoms with E-state index in [1.54, 1.807) is 0 Å². The van der Waals surface area contributed by atoms with Crippen LogP contribution in [-0.2, 0) is 6.54 Å². The number of hydrogen-bond acceptors (Lipinski definition) is 2. The average Bonchev–Trinajstić information content (AvgIpc) is 2.18. The van der Waals surface area contributed by atoms with Crippen LogP contribution >= 0.6 is 0 Å². The molecule has 1 aromatic heterocycles. The van der Waals surface area contributed by atoms with Crippen LogP contribution < -0.4 is 5.73 Å². The van der Waals surface area contributed by atoms with E-state index in [1.807, 2.05) is 12.3 Å². The minimum atomic E-state index is 0.530. The van der Waals surface area contributed by atoms with Gasteiger partial charge in [0.1, 0.15) is 0 Å². The highest BCUT2D eigenvalue weighted by molar-refractivity contribution is 5.17. The molecule has 2 heteroatoms. The van der Waals surface area contributed by atoms with E-state index in [4.69, 9.17) is 5.73 Å². The van der Waals surface area contributed by atoms with Crippen molar-refractivity contribution in [1.29, 1.82) is 0 Å². The first kappa shape index (κ1) is 10.2. The van der Waals surface area contributed by atoms with Gasteiger partial charge in [-0.05, 0) is 24.0 Å². The molecule has 1 heterocycles. The van der Waals surface area contributed by atoms with Gasteiger partial charge in [0.2, 0.25) is 0 Å². The van der Waals surface area contributed by atoms with Crippen molar-refractivity contribution in [1.82, 2.24) is 4.98 Å². The zero-order valence-corrected chi connectivity index (χ0v) is 8.46. The van der Waals surface area contributed by atoms with E-state index in [1.165, 1.54) is 18.4 Å². The Balaban J connectivity index is 2.67. The molecule has 0 radical (unpaired) electrons. The molecule has 72 valence electrons. The highest BCUT2D eigenvalue weighted by atomic mass is 14.7. The lowest BCUT2D eigenvalue weighted by atomic mass is 9.98. The van der Waals surface area contributed by atoms with Crippen molar-refractivity contribution in [3.05, 3.63) is 29.6 Å². The number of nitrogens with two attached hydrogens (primary N) is 1. The van der Waals surface area contributed by atoms with Crippen molar-refractivity contribution in [3.8, 4) is 0 Å². The second kappa shape index (κ2) is 4.97. The van der Waals surface area contributed by atoms with Gasteiger partial charge in [-0.3, -0.25) is 4.98 Å². The molecule has 0 spiro atoms. The first-order valence-electron chi connectivity index (χ1n) is 4.92. The number of pyridine rings is 1. The van der Waals surface area contributed by atoms with Gasteiger partial charge in [-0.1, -0.05) is 26.3 Å². The van der Waals surface area contributed by atoms with Gasteiger partial charge in [0.05, 0.1) is 5.69 Å². The second-order valence-electron chi connectivity index (χ2n) is 3.48. The van der Waals surface area contributed by atoms with Gasteiger partial charge in [-0.25, -0.2) is 0 Å². The van der Waals surface area contributed by atoms with E-state index in [2.05, 4.69) is 24.9 Å². The predicted molar refractivity (Wildman–Crippen MR) is 55.5 cm³/mol. The maximum atomic E-state index is 5.47. The zero-order chi connectivity index (χ0) is 9.68. The Morgan fingerprint density at radius 3 is 2.69 bits per heavy atom. The fourth-order valence-corrected chi connectivity index (χ4v) is 1.45. The molecule has 1 unspecified atom stereocenters. The summed E-state index contributed by atoms with van der Waals surface area (Å²) in [6.07, 6.45) is 4.39. The molecule has 0 saturated heterocycles. The molecular weight excluding hydrogens is 160 g/mol.